The molecule has 0 radical (unpaired) electrons. The first-order valence-corrected chi connectivity index (χ1v) is 7.70. The maximum absolute atomic E-state index is 14.7. The number of aryl methyl sites for hydroxylation is 1. The highest BCUT2D eigenvalue weighted by atomic mass is 19.4. The number of nitrogens with zero attached hydrogens (tertiary/aromatic N) is 4. The molecule has 1 saturated heterocycles. The first kappa shape index (κ1) is 16.7. The topological polar surface area (TPSA) is 64.3 Å². The Morgan fingerprint density at radius 1 is 1.27 bits per heavy atom. The summed E-state index contributed by atoms with van der Waals surface area (Å²) in [5.74, 6) is -0.547. The number of fused-ring (bicyclic) bond motifs is 1. The summed E-state index contributed by atoms with van der Waals surface area (Å²) in [5, 5.41) is 7.13. The Labute approximate surface area is 144 Å². The third-order valence-electron chi connectivity index (χ3n) is 4.26. The second kappa shape index (κ2) is 5.63. The monoisotopic (exact) mass is 367 g/mol. The molecule has 0 amide bonds. The van der Waals surface area contributed by atoms with Crippen molar-refractivity contribution < 1.29 is 22.3 Å². The molecular formula is C16H13F4N5O. The van der Waals surface area contributed by atoms with Crippen LogP contribution in [0.5, 0.6) is 0 Å². The van der Waals surface area contributed by atoms with Crippen LogP contribution in [0.15, 0.2) is 30.6 Å². The molecule has 26 heavy (non-hydrogen) atoms. The van der Waals surface area contributed by atoms with Gasteiger partial charge in [0.2, 0.25) is 0 Å². The number of benzene rings is 1. The van der Waals surface area contributed by atoms with Crippen molar-refractivity contribution in [3.05, 3.63) is 53.2 Å². The Hall–Kier alpha value is -2.75. The molecule has 0 bridgehead atoms. The Morgan fingerprint density at radius 3 is 2.69 bits per heavy atom. The fourth-order valence-electron chi connectivity index (χ4n) is 2.99. The molecule has 1 aliphatic heterocycles. The highest BCUT2D eigenvalue weighted by Crippen LogP contribution is 2.39. The van der Waals surface area contributed by atoms with Gasteiger partial charge >= 0.3 is 6.18 Å². The number of aromatic nitrogens is 4. The van der Waals surface area contributed by atoms with Crippen LogP contribution in [0.2, 0.25) is 0 Å². The molecule has 1 aromatic carbocycles. The van der Waals surface area contributed by atoms with Gasteiger partial charge in [-0.25, -0.2) is 9.37 Å². The van der Waals surface area contributed by atoms with E-state index in [1.807, 2.05) is 0 Å². The molecule has 0 unspecified atom stereocenters. The van der Waals surface area contributed by atoms with Gasteiger partial charge in [-0.2, -0.15) is 27.8 Å². The van der Waals surface area contributed by atoms with E-state index >= 15 is 0 Å². The molecule has 0 atom stereocenters. The van der Waals surface area contributed by atoms with E-state index in [0.29, 0.717) is 17.3 Å². The molecule has 0 aliphatic carbocycles. The Kier molecular flexibility index (Phi) is 3.62. The quantitative estimate of drug-likeness (QED) is 0.721. The number of anilines is 1. The predicted octanol–water partition coefficient (Wildman–Crippen LogP) is 2.93. The number of hydrogen-bond donors (Lipinski definition) is 1. The van der Waals surface area contributed by atoms with Crippen molar-refractivity contribution in [2.24, 2.45) is 0 Å². The highest BCUT2D eigenvalue weighted by Gasteiger charge is 2.45. The standard InChI is InChI=1S/C16H13F4N5O/c1-9-5-12(25-14(23-9)21-8-22-25)24-15(6-26-7-15)10-3-2-4-11(13(10)17)16(18,19)20/h2-5,8,24H,6-7H2,1H3. The van der Waals surface area contributed by atoms with Gasteiger partial charge in [0.15, 0.2) is 0 Å². The minimum Gasteiger partial charge on any atom is -0.376 e. The molecule has 136 valence electrons. The minimum atomic E-state index is -4.78. The van der Waals surface area contributed by atoms with Crippen molar-refractivity contribution >= 4 is 11.6 Å². The first-order chi connectivity index (χ1) is 12.3. The van der Waals surface area contributed by atoms with Crippen LogP contribution in [0.25, 0.3) is 5.78 Å². The van der Waals surface area contributed by atoms with Gasteiger partial charge in [0.25, 0.3) is 5.78 Å². The maximum Gasteiger partial charge on any atom is 0.419 e. The predicted molar refractivity (Wildman–Crippen MR) is 83.0 cm³/mol. The van der Waals surface area contributed by atoms with Gasteiger partial charge in [0, 0.05) is 17.3 Å². The Bertz CT molecular complexity index is 980. The van der Waals surface area contributed by atoms with Crippen LogP contribution in [0.3, 0.4) is 0 Å². The lowest BCUT2D eigenvalue weighted by molar-refractivity contribution is -0.140. The van der Waals surface area contributed by atoms with E-state index in [1.54, 1.807) is 13.0 Å². The van der Waals surface area contributed by atoms with Gasteiger partial charge in [-0.05, 0) is 13.0 Å². The van der Waals surface area contributed by atoms with Crippen molar-refractivity contribution in [2.75, 3.05) is 18.5 Å². The third-order valence-corrected chi connectivity index (χ3v) is 4.26. The second-order valence-corrected chi connectivity index (χ2v) is 6.12. The lowest BCUT2D eigenvalue weighted by Gasteiger charge is -2.43. The molecule has 1 aliphatic rings. The van der Waals surface area contributed by atoms with Crippen molar-refractivity contribution in [1.82, 2.24) is 19.6 Å². The molecule has 2 aromatic heterocycles. The summed E-state index contributed by atoms with van der Waals surface area (Å²) in [7, 11) is 0. The fraction of sp³-hybridized carbons (Fsp3) is 0.312. The molecule has 3 heterocycles. The maximum atomic E-state index is 14.7. The number of hydrogen-bond acceptors (Lipinski definition) is 5. The first-order valence-electron chi connectivity index (χ1n) is 7.70. The second-order valence-electron chi connectivity index (χ2n) is 6.12. The van der Waals surface area contributed by atoms with E-state index in [4.69, 9.17) is 4.74 Å². The van der Waals surface area contributed by atoms with Crippen LogP contribution in [0.1, 0.15) is 16.8 Å². The van der Waals surface area contributed by atoms with E-state index in [-0.39, 0.29) is 18.8 Å². The number of halogens is 4. The normalized spacial score (nSPS) is 16.5. The van der Waals surface area contributed by atoms with E-state index < -0.39 is 23.1 Å². The number of rotatable bonds is 3. The van der Waals surface area contributed by atoms with Gasteiger partial charge in [-0.3, -0.25) is 0 Å². The molecule has 3 aromatic rings. The summed E-state index contributed by atoms with van der Waals surface area (Å²) in [5.41, 5.74) is -1.92. The average molecular weight is 367 g/mol. The van der Waals surface area contributed by atoms with Crippen LogP contribution in [0.4, 0.5) is 23.4 Å². The summed E-state index contributed by atoms with van der Waals surface area (Å²) in [6.07, 6.45) is -3.47. The number of nitrogens with one attached hydrogen (secondary N) is 1. The zero-order valence-electron chi connectivity index (χ0n) is 13.5. The SMILES string of the molecule is Cc1cc(NC2(c3cccc(C(F)(F)F)c3F)COC2)n2ncnc2n1. The molecule has 6 nitrogen and oxygen atoms in total. The lowest BCUT2D eigenvalue weighted by Crippen LogP contribution is -2.54. The third kappa shape index (κ3) is 2.57. The largest absolute Gasteiger partial charge is 0.419 e. The van der Waals surface area contributed by atoms with Crippen molar-refractivity contribution in [2.45, 2.75) is 18.6 Å². The van der Waals surface area contributed by atoms with Crippen molar-refractivity contribution in [1.29, 1.82) is 0 Å². The van der Waals surface area contributed by atoms with E-state index in [0.717, 1.165) is 6.07 Å². The van der Waals surface area contributed by atoms with Crippen LogP contribution in [-0.4, -0.2) is 32.8 Å². The smallest absolute Gasteiger partial charge is 0.376 e. The van der Waals surface area contributed by atoms with Crippen LogP contribution in [0, 0.1) is 12.7 Å². The lowest BCUT2D eigenvalue weighted by atomic mass is 9.86. The average Bonchev–Trinajstić information content (AvgIpc) is 2.98. The zero-order valence-corrected chi connectivity index (χ0v) is 13.5. The van der Waals surface area contributed by atoms with Gasteiger partial charge < -0.3 is 10.1 Å². The summed E-state index contributed by atoms with van der Waals surface area (Å²) in [6.45, 7) is 1.78. The molecule has 10 heteroatoms. The summed E-state index contributed by atoms with van der Waals surface area (Å²) in [4.78, 5) is 8.20. The summed E-state index contributed by atoms with van der Waals surface area (Å²) in [6, 6.07) is 4.89. The van der Waals surface area contributed by atoms with Gasteiger partial charge in [-0.15, -0.1) is 0 Å². The molecule has 1 fully saturated rings. The van der Waals surface area contributed by atoms with Crippen LogP contribution >= 0.6 is 0 Å². The summed E-state index contributed by atoms with van der Waals surface area (Å²) >= 11 is 0. The van der Waals surface area contributed by atoms with Gasteiger partial charge in [0.05, 0.1) is 18.8 Å². The summed E-state index contributed by atoms with van der Waals surface area (Å²) < 4.78 is 60.4. The van der Waals surface area contributed by atoms with E-state index in [9.17, 15) is 17.6 Å². The fourth-order valence-corrected chi connectivity index (χ4v) is 2.99. The minimum absolute atomic E-state index is 0.0167. The van der Waals surface area contributed by atoms with Gasteiger partial charge in [0.1, 0.15) is 23.5 Å². The van der Waals surface area contributed by atoms with Crippen molar-refractivity contribution in [3.63, 3.8) is 0 Å². The zero-order chi connectivity index (χ0) is 18.5. The molecule has 4 rings (SSSR count). The Balaban J connectivity index is 1.81. The van der Waals surface area contributed by atoms with Crippen LogP contribution < -0.4 is 5.32 Å². The number of ether oxygens (including phenoxy) is 1. The molecular weight excluding hydrogens is 354 g/mol. The highest BCUT2D eigenvalue weighted by molar-refractivity contribution is 5.50. The number of alkyl halides is 3. The van der Waals surface area contributed by atoms with E-state index in [1.165, 1.54) is 23.0 Å². The molecule has 0 spiro atoms. The molecule has 1 N–H and O–H groups in total. The van der Waals surface area contributed by atoms with Crippen molar-refractivity contribution in [3.8, 4) is 0 Å². The van der Waals surface area contributed by atoms with Gasteiger partial charge in [-0.1, -0.05) is 12.1 Å². The Morgan fingerprint density at radius 2 is 2.04 bits per heavy atom. The molecule has 0 saturated carbocycles. The van der Waals surface area contributed by atoms with Crippen LogP contribution in [-0.2, 0) is 16.5 Å². The van der Waals surface area contributed by atoms with E-state index in [2.05, 4.69) is 20.4 Å².